The van der Waals surface area contributed by atoms with E-state index < -0.39 is 0 Å². The molecule has 1 heterocycles. The van der Waals surface area contributed by atoms with Crippen LogP contribution in [-0.2, 0) is 4.74 Å². The Morgan fingerprint density at radius 3 is 2.57 bits per heavy atom. The van der Waals surface area contributed by atoms with Crippen molar-refractivity contribution >= 4 is 29.9 Å². The number of nitrogens with zero attached hydrogens (tertiary/aromatic N) is 2. The molecular weight excluding hydrogens is 463 g/mol. The standard InChI is InChI=1S/C22H36N4O.HI/c1-4-26(20-11-12-20)14-13-24-22(23-3)25-16-19-6-5-15-27-21(19)18-9-7-17(2)8-10-18;/h7-10,19-21H,4-6,11-16H2,1-3H3,(H2,23,24,25);1H. The molecular formula is C22H37IN4O. The first-order valence-electron chi connectivity index (χ1n) is 10.6. The van der Waals surface area contributed by atoms with Crippen molar-refractivity contribution in [3.63, 3.8) is 0 Å². The summed E-state index contributed by atoms with van der Waals surface area (Å²) in [6.45, 7) is 9.28. The Hall–Kier alpha value is -0.860. The van der Waals surface area contributed by atoms with Crippen molar-refractivity contribution in [2.45, 2.75) is 51.7 Å². The molecule has 5 nitrogen and oxygen atoms in total. The van der Waals surface area contributed by atoms with Gasteiger partial charge in [-0.05, 0) is 44.7 Å². The van der Waals surface area contributed by atoms with E-state index in [2.05, 4.69) is 58.6 Å². The second-order valence-corrected chi connectivity index (χ2v) is 7.84. The van der Waals surface area contributed by atoms with Crippen molar-refractivity contribution in [3.05, 3.63) is 35.4 Å². The molecule has 0 radical (unpaired) electrons. The molecule has 2 fully saturated rings. The van der Waals surface area contributed by atoms with Crippen LogP contribution in [0.5, 0.6) is 0 Å². The van der Waals surface area contributed by atoms with Crippen LogP contribution in [0.2, 0.25) is 0 Å². The van der Waals surface area contributed by atoms with Gasteiger partial charge < -0.3 is 15.4 Å². The molecule has 2 aliphatic rings. The van der Waals surface area contributed by atoms with E-state index in [1.165, 1.54) is 30.4 Å². The third-order valence-corrected chi connectivity index (χ3v) is 5.77. The monoisotopic (exact) mass is 500 g/mol. The molecule has 1 aromatic rings. The predicted molar refractivity (Wildman–Crippen MR) is 128 cm³/mol. The predicted octanol–water partition coefficient (Wildman–Crippen LogP) is 3.73. The Balaban J connectivity index is 0.00000280. The number of hydrogen-bond acceptors (Lipinski definition) is 3. The van der Waals surface area contributed by atoms with E-state index in [0.29, 0.717) is 5.92 Å². The van der Waals surface area contributed by atoms with Crippen LogP contribution < -0.4 is 10.6 Å². The fraction of sp³-hybridized carbons (Fsp3) is 0.682. The molecule has 6 heteroatoms. The van der Waals surface area contributed by atoms with E-state index in [9.17, 15) is 0 Å². The van der Waals surface area contributed by atoms with Gasteiger partial charge in [0.15, 0.2) is 5.96 Å². The normalized spacial score (nSPS) is 22.6. The van der Waals surface area contributed by atoms with Crippen molar-refractivity contribution in [1.29, 1.82) is 0 Å². The SMILES string of the molecule is CCN(CCNC(=NC)NCC1CCCOC1c1ccc(C)cc1)C1CC1.I. The molecule has 1 aliphatic heterocycles. The number of rotatable bonds is 8. The Morgan fingerprint density at radius 1 is 1.18 bits per heavy atom. The minimum Gasteiger partial charge on any atom is -0.373 e. The van der Waals surface area contributed by atoms with Crippen LogP contribution in [0, 0.1) is 12.8 Å². The summed E-state index contributed by atoms with van der Waals surface area (Å²) in [6.07, 6.45) is 5.23. The van der Waals surface area contributed by atoms with Crippen LogP contribution in [0.3, 0.4) is 0 Å². The number of likely N-dealkylation sites (N-methyl/N-ethyl adjacent to an activating group) is 1. The lowest BCUT2D eigenvalue weighted by Gasteiger charge is -2.32. The lowest BCUT2D eigenvalue weighted by molar-refractivity contribution is -0.0265. The number of guanidine groups is 1. The maximum absolute atomic E-state index is 6.14. The van der Waals surface area contributed by atoms with E-state index in [1.807, 2.05) is 7.05 Å². The van der Waals surface area contributed by atoms with Gasteiger partial charge in [0.1, 0.15) is 0 Å². The zero-order chi connectivity index (χ0) is 19.1. The molecule has 0 aromatic heterocycles. The van der Waals surface area contributed by atoms with Crippen LogP contribution in [0.4, 0.5) is 0 Å². The molecule has 2 unspecified atom stereocenters. The van der Waals surface area contributed by atoms with Crippen molar-refractivity contribution in [1.82, 2.24) is 15.5 Å². The maximum atomic E-state index is 6.14. The van der Waals surface area contributed by atoms with Crippen LogP contribution in [0.1, 0.15) is 49.8 Å². The second-order valence-electron chi connectivity index (χ2n) is 7.84. The van der Waals surface area contributed by atoms with Crippen LogP contribution in [0.15, 0.2) is 29.3 Å². The van der Waals surface area contributed by atoms with Crippen molar-refractivity contribution < 1.29 is 4.74 Å². The van der Waals surface area contributed by atoms with Crippen LogP contribution in [-0.4, -0.2) is 56.7 Å². The molecule has 1 aromatic carbocycles. The summed E-state index contributed by atoms with van der Waals surface area (Å²) in [6, 6.07) is 9.60. The molecule has 3 rings (SSSR count). The summed E-state index contributed by atoms with van der Waals surface area (Å²) < 4.78 is 6.14. The number of aliphatic imine (C=N–C) groups is 1. The average Bonchev–Trinajstić information content (AvgIpc) is 3.54. The fourth-order valence-electron chi connectivity index (χ4n) is 3.98. The summed E-state index contributed by atoms with van der Waals surface area (Å²) in [7, 11) is 1.85. The zero-order valence-corrected chi connectivity index (χ0v) is 19.9. The number of ether oxygens (including phenoxy) is 1. The molecule has 1 aliphatic carbocycles. The van der Waals surface area contributed by atoms with Gasteiger partial charge in [0.25, 0.3) is 0 Å². The van der Waals surface area contributed by atoms with E-state index in [1.54, 1.807) is 0 Å². The van der Waals surface area contributed by atoms with Gasteiger partial charge >= 0.3 is 0 Å². The van der Waals surface area contributed by atoms with Crippen molar-refractivity contribution in [2.75, 3.05) is 39.8 Å². The first-order chi connectivity index (χ1) is 13.2. The largest absolute Gasteiger partial charge is 0.373 e. The molecule has 0 amide bonds. The van der Waals surface area contributed by atoms with Crippen LogP contribution >= 0.6 is 24.0 Å². The quantitative estimate of drug-likeness (QED) is 0.325. The molecule has 0 bridgehead atoms. The smallest absolute Gasteiger partial charge is 0.191 e. The van der Waals surface area contributed by atoms with E-state index in [4.69, 9.17) is 4.74 Å². The number of halogens is 1. The first kappa shape index (κ1) is 23.4. The minimum absolute atomic E-state index is 0. The first-order valence-corrected chi connectivity index (χ1v) is 10.6. The number of aryl methyl sites for hydroxylation is 1. The van der Waals surface area contributed by atoms with Gasteiger partial charge in [0, 0.05) is 45.2 Å². The van der Waals surface area contributed by atoms with Gasteiger partial charge in [-0.15, -0.1) is 24.0 Å². The number of benzene rings is 1. The van der Waals surface area contributed by atoms with Crippen molar-refractivity contribution in [3.8, 4) is 0 Å². The highest BCUT2D eigenvalue weighted by Crippen LogP contribution is 2.33. The summed E-state index contributed by atoms with van der Waals surface area (Å²) in [5, 5.41) is 7.00. The lowest BCUT2D eigenvalue weighted by atomic mass is 9.89. The Labute approximate surface area is 187 Å². The molecule has 158 valence electrons. The van der Waals surface area contributed by atoms with Gasteiger partial charge in [-0.3, -0.25) is 9.89 Å². The third-order valence-electron chi connectivity index (χ3n) is 5.77. The molecule has 28 heavy (non-hydrogen) atoms. The number of nitrogens with one attached hydrogen (secondary N) is 2. The van der Waals surface area contributed by atoms with Gasteiger partial charge in [-0.1, -0.05) is 36.8 Å². The lowest BCUT2D eigenvalue weighted by Crippen LogP contribution is -2.44. The zero-order valence-electron chi connectivity index (χ0n) is 17.6. The Morgan fingerprint density at radius 2 is 1.93 bits per heavy atom. The molecule has 0 spiro atoms. The average molecular weight is 500 g/mol. The topological polar surface area (TPSA) is 48.9 Å². The Bertz CT molecular complexity index is 603. The summed E-state index contributed by atoms with van der Waals surface area (Å²) in [5.74, 6) is 1.37. The van der Waals surface area contributed by atoms with Gasteiger partial charge in [0.05, 0.1) is 6.10 Å². The van der Waals surface area contributed by atoms with E-state index >= 15 is 0 Å². The van der Waals surface area contributed by atoms with Gasteiger partial charge in [0.2, 0.25) is 0 Å². The summed E-state index contributed by atoms with van der Waals surface area (Å²) in [5.41, 5.74) is 2.58. The molecule has 1 saturated carbocycles. The van der Waals surface area contributed by atoms with Gasteiger partial charge in [-0.2, -0.15) is 0 Å². The summed E-state index contributed by atoms with van der Waals surface area (Å²) in [4.78, 5) is 6.96. The van der Waals surface area contributed by atoms with Crippen molar-refractivity contribution in [2.24, 2.45) is 10.9 Å². The highest BCUT2D eigenvalue weighted by molar-refractivity contribution is 14.0. The molecule has 1 saturated heterocycles. The highest BCUT2D eigenvalue weighted by Gasteiger charge is 2.28. The second kappa shape index (κ2) is 12.0. The summed E-state index contributed by atoms with van der Waals surface area (Å²) >= 11 is 0. The molecule has 2 atom stereocenters. The fourth-order valence-corrected chi connectivity index (χ4v) is 3.98. The minimum atomic E-state index is 0. The maximum Gasteiger partial charge on any atom is 0.191 e. The highest BCUT2D eigenvalue weighted by atomic mass is 127. The Kier molecular flexibility index (Phi) is 10.0. The van der Waals surface area contributed by atoms with E-state index in [-0.39, 0.29) is 30.1 Å². The number of hydrogen-bond donors (Lipinski definition) is 2. The van der Waals surface area contributed by atoms with E-state index in [0.717, 1.165) is 51.2 Å². The van der Waals surface area contributed by atoms with Gasteiger partial charge in [-0.25, -0.2) is 0 Å². The third kappa shape index (κ3) is 6.88. The van der Waals surface area contributed by atoms with Crippen LogP contribution in [0.25, 0.3) is 0 Å². The molecule has 2 N–H and O–H groups in total.